The molecular formula is C30H31N3O5S. The molecule has 0 radical (unpaired) electrons. The summed E-state index contributed by atoms with van der Waals surface area (Å²) in [6, 6.07) is 21.9. The van der Waals surface area contributed by atoms with E-state index in [0.717, 1.165) is 16.9 Å². The number of aryl methyl sites for hydroxylation is 1. The number of nitrogens with one attached hydrogen (secondary N) is 1. The highest BCUT2D eigenvalue weighted by Crippen LogP contribution is 2.32. The second-order valence-electron chi connectivity index (χ2n) is 8.98. The highest BCUT2D eigenvalue weighted by molar-refractivity contribution is 8.15. The lowest BCUT2D eigenvalue weighted by atomic mass is 10.1. The number of carbonyl (C=O) groups excluding carboxylic acids is 3. The maximum atomic E-state index is 13.4. The zero-order chi connectivity index (χ0) is 27.8. The van der Waals surface area contributed by atoms with Crippen LogP contribution in [0.3, 0.4) is 0 Å². The highest BCUT2D eigenvalue weighted by Gasteiger charge is 2.39. The quantitative estimate of drug-likeness (QED) is 0.344. The van der Waals surface area contributed by atoms with Gasteiger partial charge in [0.15, 0.2) is 5.17 Å². The van der Waals surface area contributed by atoms with E-state index in [1.54, 1.807) is 43.2 Å². The zero-order valence-corrected chi connectivity index (χ0v) is 23.0. The summed E-state index contributed by atoms with van der Waals surface area (Å²) in [6.45, 7) is 4.41. The van der Waals surface area contributed by atoms with Gasteiger partial charge in [0.1, 0.15) is 11.0 Å². The normalized spacial score (nSPS) is 15.9. The van der Waals surface area contributed by atoms with Gasteiger partial charge in [-0.3, -0.25) is 14.5 Å². The van der Waals surface area contributed by atoms with E-state index >= 15 is 0 Å². The fourth-order valence-electron chi connectivity index (χ4n) is 4.06. The first-order valence-electron chi connectivity index (χ1n) is 12.7. The third kappa shape index (κ3) is 7.48. The number of ether oxygens (including phenoxy) is 2. The van der Waals surface area contributed by atoms with Gasteiger partial charge in [0, 0.05) is 18.7 Å². The molecule has 1 heterocycles. The van der Waals surface area contributed by atoms with Crippen molar-refractivity contribution in [3.63, 3.8) is 0 Å². The van der Waals surface area contributed by atoms with E-state index in [9.17, 15) is 14.4 Å². The van der Waals surface area contributed by atoms with Crippen molar-refractivity contribution >= 4 is 46.1 Å². The molecule has 1 aliphatic rings. The van der Waals surface area contributed by atoms with Crippen molar-refractivity contribution in [1.29, 1.82) is 0 Å². The molecule has 1 atom stereocenters. The first kappa shape index (κ1) is 27.9. The summed E-state index contributed by atoms with van der Waals surface area (Å²) in [5, 5.41) is 2.81. The summed E-state index contributed by atoms with van der Waals surface area (Å²) in [5.41, 5.74) is 3.80. The van der Waals surface area contributed by atoms with Crippen LogP contribution in [0.4, 0.5) is 11.4 Å². The van der Waals surface area contributed by atoms with E-state index < -0.39 is 11.2 Å². The van der Waals surface area contributed by atoms with Crippen molar-refractivity contribution < 1.29 is 23.9 Å². The molecule has 1 N–H and O–H groups in total. The predicted molar refractivity (Wildman–Crippen MR) is 154 cm³/mol. The molecule has 0 aromatic heterocycles. The fraction of sp³-hybridized carbons (Fsp3) is 0.267. The Morgan fingerprint density at radius 1 is 1.05 bits per heavy atom. The molecule has 39 heavy (non-hydrogen) atoms. The average molecular weight is 546 g/mol. The minimum absolute atomic E-state index is 0.0251. The molecule has 1 aliphatic heterocycles. The predicted octanol–water partition coefficient (Wildman–Crippen LogP) is 5.38. The third-order valence-electron chi connectivity index (χ3n) is 6.08. The Morgan fingerprint density at radius 2 is 1.79 bits per heavy atom. The number of esters is 1. The van der Waals surface area contributed by atoms with Crippen LogP contribution in [-0.2, 0) is 20.7 Å². The Labute approximate surface area is 232 Å². The van der Waals surface area contributed by atoms with Crippen LogP contribution in [-0.4, -0.2) is 53.4 Å². The molecule has 0 aliphatic carbocycles. The number of aliphatic imine (C=N–C) groups is 1. The maximum Gasteiger partial charge on any atom is 0.338 e. The number of hydrogen-bond donors (Lipinski definition) is 1. The number of carbonyl (C=O) groups is 3. The number of hydrogen-bond acceptors (Lipinski definition) is 7. The van der Waals surface area contributed by atoms with E-state index in [1.807, 2.05) is 55.5 Å². The van der Waals surface area contributed by atoms with Crippen molar-refractivity contribution in [2.45, 2.75) is 31.9 Å². The van der Waals surface area contributed by atoms with Crippen molar-refractivity contribution in [3.05, 3.63) is 89.5 Å². The summed E-state index contributed by atoms with van der Waals surface area (Å²) >= 11 is 1.28. The molecule has 8 nitrogen and oxygen atoms in total. The second-order valence-corrected chi connectivity index (χ2v) is 10.1. The van der Waals surface area contributed by atoms with E-state index in [2.05, 4.69) is 5.32 Å². The van der Waals surface area contributed by atoms with Gasteiger partial charge in [0.25, 0.3) is 0 Å². The van der Waals surface area contributed by atoms with Crippen molar-refractivity contribution in [2.24, 2.45) is 4.99 Å². The van der Waals surface area contributed by atoms with Gasteiger partial charge < -0.3 is 14.8 Å². The van der Waals surface area contributed by atoms with Crippen LogP contribution in [0.1, 0.15) is 34.8 Å². The van der Waals surface area contributed by atoms with Gasteiger partial charge in [-0.1, -0.05) is 36.0 Å². The van der Waals surface area contributed by atoms with Gasteiger partial charge in [-0.05, 0) is 79.9 Å². The van der Waals surface area contributed by atoms with E-state index in [-0.39, 0.29) is 18.2 Å². The monoisotopic (exact) mass is 545 g/mol. The Bertz CT molecular complexity index is 1360. The van der Waals surface area contributed by atoms with Crippen molar-refractivity contribution in [2.75, 3.05) is 25.6 Å². The molecule has 3 aromatic carbocycles. The first-order valence-corrected chi connectivity index (χ1v) is 13.6. The molecule has 9 heteroatoms. The molecule has 1 fully saturated rings. The second kappa shape index (κ2) is 13.1. The molecule has 4 rings (SSSR count). The van der Waals surface area contributed by atoms with Crippen LogP contribution < -0.4 is 10.1 Å². The lowest BCUT2D eigenvalue weighted by molar-refractivity contribution is -0.128. The Morgan fingerprint density at radius 3 is 2.46 bits per heavy atom. The van der Waals surface area contributed by atoms with Gasteiger partial charge in [0.05, 0.1) is 25.0 Å². The first-order chi connectivity index (χ1) is 18.9. The lowest BCUT2D eigenvalue weighted by Gasteiger charge is -2.17. The summed E-state index contributed by atoms with van der Waals surface area (Å²) in [4.78, 5) is 44.6. The minimum Gasteiger partial charge on any atom is -0.497 e. The third-order valence-corrected chi connectivity index (χ3v) is 7.25. The number of nitrogens with zero attached hydrogens (tertiary/aromatic N) is 2. The topological polar surface area (TPSA) is 97.3 Å². The average Bonchev–Trinajstić information content (AvgIpc) is 3.21. The van der Waals surface area contributed by atoms with Gasteiger partial charge in [-0.25, -0.2) is 9.79 Å². The Kier molecular flexibility index (Phi) is 9.38. The van der Waals surface area contributed by atoms with Crippen LogP contribution in [0.2, 0.25) is 0 Å². The van der Waals surface area contributed by atoms with E-state index in [0.29, 0.717) is 41.7 Å². The van der Waals surface area contributed by atoms with Gasteiger partial charge >= 0.3 is 5.97 Å². The molecular weight excluding hydrogens is 514 g/mol. The van der Waals surface area contributed by atoms with Crippen LogP contribution in [0.15, 0.2) is 77.8 Å². The number of benzene rings is 3. The fourth-order valence-corrected chi connectivity index (χ4v) is 5.25. The number of anilines is 1. The summed E-state index contributed by atoms with van der Waals surface area (Å²) in [6.07, 6.45) is 0.636. The zero-order valence-electron chi connectivity index (χ0n) is 22.2. The summed E-state index contributed by atoms with van der Waals surface area (Å²) in [7, 11) is 1.62. The molecule has 1 saturated heterocycles. The van der Waals surface area contributed by atoms with Crippen LogP contribution in [0.25, 0.3) is 0 Å². The number of rotatable bonds is 10. The van der Waals surface area contributed by atoms with Crippen molar-refractivity contribution in [3.8, 4) is 5.75 Å². The molecule has 202 valence electrons. The molecule has 3 aromatic rings. The highest BCUT2D eigenvalue weighted by atomic mass is 32.2. The lowest BCUT2D eigenvalue weighted by Crippen LogP contribution is -2.35. The molecule has 0 unspecified atom stereocenters. The minimum atomic E-state index is -0.594. The van der Waals surface area contributed by atoms with Gasteiger partial charge in [0.2, 0.25) is 11.8 Å². The SMILES string of the molecule is CCOC(=O)c1ccc(N=C2S[C@H](CC(=O)Nc3cccc(C)c3)C(=O)N2CCc2ccc(OC)cc2)cc1. The van der Waals surface area contributed by atoms with Crippen LogP contribution >= 0.6 is 11.8 Å². The van der Waals surface area contributed by atoms with E-state index in [4.69, 9.17) is 14.5 Å². The molecule has 0 saturated carbocycles. The number of thioether (sulfide) groups is 1. The number of amides is 2. The van der Waals surface area contributed by atoms with Gasteiger partial charge in [-0.2, -0.15) is 0 Å². The van der Waals surface area contributed by atoms with Crippen LogP contribution in [0, 0.1) is 6.92 Å². The van der Waals surface area contributed by atoms with Crippen molar-refractivity contribution in [1.82, 2.24) is 4.90 Å². The largest absolute Gasteiger partial charge is 0.497 e. The summed E-state index contributed by atoms with van der Waals surface area (Å²) < 4.78 is 10.3. The van der Waals surface area contributed by atoms with Gasteiger partial charge in [-0.15, -0.1) is 0 Å². The Balaban J connectivity index is 1.51. The molecule has 0 bridgehead atoms. The van der Waals surface area contributed by atoms with Crippen LogP contribution in [0.5, 0.6) is 5.75 Å². The standard InChI is InChI=1S/C30H31N3O5S/c1-4-38-29(36)22-10-12-23(13-11-22)32-30-33(17-16-21-8-14-25(37-3)15-9-21)28(35)26(39-30)19-27(34)31-24-7-5-6-20(2)18-24/h5-15,18,26H,4,16-17,19H2,1-3H3,(H,31,34)/t26-/m1/s1. The summed E-state index contributed by atoms with van der Waals surface area (Å²) in [5.74, 6) is -0.0286. The Hall–Kier alpha value is -4.11. The smallest absolute Gasteiger partial charge is 0.338 e. The molecule has 2 amide bonds. The number of methoxy groups -OCH3 is 1. The maximum absolute atomic E-state index is 13.4. The number of amidine groups is 1. The molecule has 0 spiro atoms. The van der Waals surface area contributed by atoms with E-state index in [1.165, 1.54) is 11.8 Å².